The van der Waals surface area contributed by atoms with Gasteiger partial charge in [-0.05, 0) is 48.0 Å². The van der Waals surface area contributed by atoms with E-state index in [2.05, 4.69) is 28.9 Å². The molecule has 0 amide bonds. The number of benzene rings is 2. The number of carboxylic acids is 1. The molecule has 1 N–H and O–H groups in total. The van der Waals surface area contributed by atoms with Gasteiger partial charge in [-0.3, -0.25) is 9.69 Å². The summed E-state index contributed by atoms with van der Waals surface area (Å²) in [7, 11) is 0. The fraction of sp³-hybridized carbons (Fsp3) is 0.217. The smallest absolute Gasteiger partial charge is 0.309 e. The van der Waals surface area contributed by atoms with Crippen molar-refractivity contribution >= 4 is 24.5 Å². The van der Waals surface area contributed by atoms with Crippen molar-refractivity contribution in [1.82, 2.24) is 4.90 Å². The summed E-state index contributed by atoms with van der Waals surface area (Å²) >= 11 is 0. The zero-order valence-corrected chi connectivity index (χ0v) is 16.4. The van der Waals surface area contributed by atoms with E-state index in [0.717, 1.165) is 34.6 Å². The van der Waals surface area contributed by atoms with Crippen molar-refractivity contribution in [2.24, 2.45) is 5.92 Å². The van der Waals surface area contributed by atoms with E-state index in [1.165, 1.54) is 0 Å². The van der Waals surface area contributed by atoms with Crippen molar-refractivity contribution in [1.29, 1.82) is 5.26 Å². The first-order valence-corrected chi connectivity index (χ1v) is 9.04. The van der Waals surface area contributed by atoms with Crippen LogP contribution >= 0.6 is 12.4 Å². The van der Waals surface area contributed by atoms with Gasteiger partial charge < -0.3 is 9.84 Å². The number of aliphatic carboxylic acids is 1. The lowest BCUT2D eigenvalue weighted by Crippen LogP contribution is -2.51. The van der Waals surface area contributed by atoms with E-state index in [9.17, 15) is 4.79 Å². The summed E-state index contributed by atoms with van der Waals surface area (Å²) < 4.78 is 5.89. The molecule has 1 fully saturated rings. The van der Waals surface area contributed by atoms with E-state index in [-0.39, 0.29) is 18.3 Å². The minimum absolute atomic E-state index is 0. The van der Waals surface area contributed by atoms with Crippen molar-refractivity contribution in [2.75, 3.05) is 26.2 Å². The first-order valence-electron chi connectivity index (χ1n) is 9.04. The van der Waals surface area contributed by atoms with Gasteiger partial charge in [-0.15, -0.1) is 12.4 Å². The monoisotopic (exact) mass is 406 g/mol. The number of fused-ring (bicyclic) bond motifs is 1. The molecule has 0 aromatic heterocycles. The Bertz CT molecular complexity index is 1050. The van der Waals surface area contributed by atoms with E-state index in [0.29, 0.717) is 25.3 Å². The second kappa shape index (κ2) is 8.84. The van der Waals surface area contributed by atoms with Gasteiger partial charge in [0.2, 0.25) is 0 Å². The topological polar surface area (TPSA) is 73.6 Å². The van der Waals surface area contributed by atoms with E-state index < -0.39 is 5.97 Å². The summed E-state index contributed by atoms with van der Waals surface area (Å²) in [6.45, 7) is 2.45. The van der Waals surface area contributed by atoms with Crippen LogP contribution in [0.15, 0.2) is 48.0 Å². The van der Waals surface area contributed by atoms with Crippen molar-refractivity contribution in [3.63, 3.8) is 0 Å². The van der Waals surface area contributed by atoms with Crippen molar-refractivity contribution in [2.45, 2.75) is 0 Å². The SMILES string of the molecule is Cl.N#Cc1ccc(C#Cc2ccc3c(c2)OCC(CN2CC(C(=O)O)C2)=C3)cc1. The van der Waals surface area contributed by atoms with Crippen LogP contribution in [0.25, 0.3) is 6.08 Å². The first kappa shape index (κ1) is 20.5. The van der Waals surface area contributed by atoms with E-state index in [1.54, 1.807) is 12.1 Å². The number of hydrogen-bond acceptors (Lipinski definition) is 4. The Labute approximate surface area is 175 Å². The molecule has 0 spiro atoms. The zero-order valence-electron chi connectivity index (χ0n) is 15.6. The third kappa shape index (κ3) is 4.78. The van der Waals surface area contributed by atoms with Crippen LogP contribution in [0.3, 0.4) is 0 Å². The Morgan fingerprint density at radius 2 is 1.76 bits per heavy atom. The van der Waals surface area contributed by atoms with Crippen LogP contribution in [0.5, 0.6) is 5.75 Å². The summed E-state index contributed by atoms with van der Waals surface area (Å²) in [6, 6.07) is 15.2. The molecule has 2 aliphatic heterocycles. The predicted octanol–water partition coefficient (Wildman–Crippen LogP) is 3.17. The average molecular weight is 407 g/mol. The predicted molar refractivity (Wildman–Crippen MR) is 112 cm³/mol. The van der Waals surface area contributed by atoms with Crippen LogP contribution in [0.2, 0.25) is 0 Å². The number of halogens is 1. The second-order valence-electron chi connectivity index (χ2n) is 7.01. The van der Waals surface area contributed by atoms with E-state index in [1.807, 2.05) is 30.3 Å². The molecule has 0 bridgehead atoms. The zero-order chi connectivity index (χ0) is 19.5. The van der Waals surface area contributed by atoms with Gasteiger partial charge in [0.1, 0.15) is 12.4 Å². The number of likely N-dealkylation sites (tertiary alicyclic amines) is 1. The molecule has 0 unspecified atom stereocenters. The molecule has 0 atom stereocenters. The molecule has 0 saturated carbocycles. The summed E-state index contributed by atoms with van der Waals surface area (Å²) in [5, 5.41) is 17.8. The van der Waals surface area contributed by atoms with E-state index in [4.69, 9.17) is 15.1 Å². The van der Waals surface area contributed by atoms with Crippen molar-refractivity contribution < 1.29 is 14.6 Å². The van der Waals surface area contributed by atoms with Crippen LogP contribution in [-0.2, 0) is 4.79 Å². The van der Waals surface area contributed by atoms with Crippen LogP contribution in [0, 0.1) is 29.1 Å². The van der Waals surface area contributed by atoms with Crippen molar-refractivity contribution in [3.8, 4) is 23.7 Å². The quantitative estimate of drug-likeness (QED) is 0.792. The molecular formula is C23H19ClN2O3. The Hall–Kier alpha value is -3.25. The highest BCUT2D eigenvalue weighted by Crippen LogP contribution is 2.28. The minimum Gasteiger partial charge on any atom is -0.489 e. The third-order valence-electron chi connectivity index (χ3n) is 4.88. The maximum absolute atomic E-state index is 10.9. The lowest BCUT2D eigenvalue weighted by atomic mass is 9.98. The Balaban J connectivity index is 0.00000240. The Morgan fingerprint density at radius 3 is 2.45 bits per heavy atom. The van der Waals surface area contributed by atoms with Crippen LogP contribution in [0.1, 0.15) is 22.3 Å². The van der Waals surface area contributed by atoms with Gasteiger partial charge in [0.25, 0.3) is 0 Å². The fourth-order valence-corrected chi connectivity index (χ4v) is 3.29. The molecule has 1 saturated heterocycles. The van der Waals surface area contributed by atoms with Crippen LogP contribution < -0.4 is 4.74 Å². The number of nitriles is 1. The molecule has 146 valence electrons. The van der Waals surface area contributed by atoms with Gasteiger partial charge in [0.15, 0.2) is 0 Å². The Morgan fingerprint density at radius 1 is 1.10 bits per heavy atom. The van der Waals surface area contributed by atoms with Gasteiger partial charge in [0, 0.05) is 36.3 Å². The normalized spacial score (nSPS) is 15.2. The molecule has 29 heavy (non-hydrogen) atoms. The molecule has 6 heteroatoms. The Kier molecular flexibility index (Phi) is 6.24. The number of hydrogen-bond donors (Lipinski definition) is 1. The number of ether oxygens (including phenoxy) is 1. The molecule has 0 aliphatic carbocycles. The lowest BCUT2D eigenvalue weighted by molar-refractivity contribution is -0.147. The molecular weight excluding hydrogens is 388 g/mol. The van der Waals surface area contributed by atoms with Crippen LogP contribution in [-0.4, -0.2) is 42.2 Å². The first-order chi connectivity index (χ1) is 13.6. The minimum atomic E-state index is -0.717. The number of nitrogens with zero attached hydrogens (tertiary/aromatic N) is 2. The highest BCUT2D eigenvalue weighted by Gasteiger charge is 2.32. The largest absolute Gasteiger partial charge is 0.489 e. The van der Waals surface area contributed by atoms with Crippen molar-refractivity contribution in [3.05, 3.63) is 70.3 Å². The summed E-state index contributed by atoms with van der Waals surface area (Å²) in [4.78, 5) is 13.0. The number of carboxylic acid groups (broad SMARTS) is 1. The number of carbonyl (C=O) groups is 1. The molecule has 5 nitrogen and oxygen atoms in total. The number of rotatable bonds is 3. The lowest BCUT2D eigenvalue weighted by Gasteiger charge is -2.37. The fourth-order valence-electron chi connectivity index (χ4n) is 3.29. The summed E-state index contributed by atoms with van der Waals surface area (Å²) in [5.41, 5.74) is 4.50. The highest BCUT2D eigenvalue weighted by atomic mass is 35.5. The highest BCUT2D eigenvalue weighted by molar-refractivity contribution is 5.85. The van der Waals surface area contributed by atoms with Gasteiger partial charge in [0.05, 0.1) is 17.6 Å². The molecule has 2 aromatic carbocycles. The van der Waals surface area contributed by atoms with Gasteiger partial charge >= 0.3 is 5.97 Å². The molecule has 2 aromatic rings. The second-order valence-corrected chi connectivity index (χ2v) is 7.01. The summed E-state index contributed by atoms with van der Waals surface area (Å²) in [6.07, 6.45) is 2.12. The molecule has 0 radical (unpaired) electrons. The third-order valence-corrected chi connectivity index (χ3v) is 4.88. The summed E-state index contributed by atoms with van der Waals surface area (Å²) in [5.74, 6) is 6.07. The van der Waals surface area contributed by atoms with Crippen LogP contribution in [0.4, 0.5) is 0 Å². The molecule has 2 heterocycles. The average Bonchev–Trinajstić information content (AvgIpc) is 2.68. The van der Waals surface area contributed by atoms with Gasteiger partial charge in [-0.1, -0.05) is 17.9 Å². The maximum atomic E-state index is 10.9. The standard InChI is InChI=1S/C23H18N2O3.ClH/c24-11-18-5-2-16(3-6-18)1-4-17-7-8-20-9-19(15-28-22(20)10-17)12-25-13-21(14-25)23(26)27;/h2-3,5-10,21H,12-15H2,(H,26,27);1H. The van der Waals surface area contributed by atoms with E-state index >= 15 is 0 Å². The molecule has 4 rings (SSSR count). The van der Waals surface area contributed by atoms with Gasteiger partial charge in [-0.25, -0.2) is 0 Å². The molecule has 2 aliphatic rings. The van der Waals surface area contributed by atoms with Gasteiger partial charge in [-0.2, -0.15) is 5.26 Å². The maximum Gasteiger partial charge on any atom is 0.309 e.